The Balaban J connectivity index is 1.14. The number of rotatable bonds is 5. The number of fused-ring (bicyclic) bond motifs is 1. The number of nitrogens with zero attached hydrogens (tertiary/aromatic N) is 3. The number of amides is 1. The second-order valence-electron chi connectivity index (χ2n) is 10.7. The van der Waals surface area contributed by atoms with Gasteiger partial charge in [0.25, 0.3) is 5.91 Å². The Bertz CT molecular complexity index is 1460. The first-order valence-corrected chi connectivity index (χ1v) is 15.0. The van der Waals surface area contributed by atoms with Gasteiger partial charge in [0.2, 0.25) is 10.0 Å². The van der Waals surface area contributed by atoms with E-state index in [9.17, 15) is 13.2 Å². The average molecular weight is 551 g/mol. The molecule has 1 amide bonds. The van der Waals surface area contributed by atoms with Gasteiger partial charge in [0.15, 0.2) is 0 Å². The van der Waals surface area contributed by atoms with Crippen LogP contribution in [-0.2, 0) is 16.4 Å². The monoisotopic (exact) mass is 550 g/mol. The fourth-order valence-electron chi connectivity index (χ4n) is 6.26. The SMILES string of the molecule is O=C(c1ccc2c(c1)C(NS(=O)(=O)c1ccccc1Cl)CC2)N1CCC2(CCN(c3ccncc3)CC2)C1. The summed E-state index contributed by atoms with van der Waals surface area (Å²) in [5, 5.41) is 0.191. The fourth-order valence-corrected chi connectivity index (χ4v) is 8.03. The first-order chi connectivity index (χ1) is 18.3. The Morgan fingerprint density at radius 1 is 1.00 bits per heavy atom. The van der Waals surface area contributed by atoms with Crippen LogP contribution in [0.25, 0.3) is 0 Å². The molecule has 1 N–H and O–H groups in total. The first-order valence-electron chi connectivity index (χ1n) is 13.2. The molecule has 0 saturated carbocycles. The average Bonchev–Trinajstić information content (AvgIpc) is 3.53. The normalized spacial score (nSPS) is 20.6. The fraction of sp³-hybridized carbons (Fsp3) is 0.379. The number of carbonyl (C=O) groups is 1. The van der Waals surface area contributed by atoms with Crippen LogP contribution in [0.4, 0.5) is 5.69 Å². The molecule has 1 atom stereocenters. The van der Waals surface area contributed by atoms with E-state index in [0.717, 1.165) is 63.0 Å². The van der Waals surface area contributed by atoms with Crippen molar-refractivity contribution in [2.24, 2.45) is 5.41 Å². The summed E-state index contributed by atoms with van der Waals surface area (Å²) in [6.07, 6.45) is 8.23. The topological polar surface area (TPSA) is 82.6 Å². The largest absolute Gasteiger partial charge is 0.371 e. The molecule has 1 aromatic heterocycles. The summed E-state index contributed by atoms with van der Waals surface area (Å²) >= 11 is 6.16. The Labute approximate surface area is 228 Å². The summed E-state index contributed by atoms with van der Waals surface area (Å²) in [6.45, 7) is 3.50. The van der Waals surface area contributed by atoms with Crippen LogP contribution in [0.5, 0.6) is 0 Å². The summed E-state index contributed by atoms with van der Waals surface area (Å²) in [5.41, 5.74) is 3.96. The summed E-state index contributed by atoms with van der Waals surface area (Å²) in [5.74, 6) is 0.0286. The predicted molar refractivity (Wildman–Crippen MR) is 148 cm³/mol. The van der Waals surface area contributed by atoms with Crippen LogP contribution in [-0.4, -0.2) is 50.4 Å². The van der Waals surface area contributed by atoms with Gasteiger partial charge in [-0.25, -0.2) is 13.1 Å². The van der Waals surface area contributed by atoms with Crippen LogP contribution in [0.2, 0.25) is 5.02 Å². The number of halogens is 1. The Morgan fingerprint density at radius 3 is 2.50 bits per heavy atom. The van der Waals surface area contributed by atoms with Crippen molar-refractivity contribution < 1.29 is 13.2 Å². The van der Waals surface area contributed by atoms with Gasteiger partial charge >= 0.3 is 0 Å². The van der Waals surface area contributed by atoms with Gasteiger partial charge in [0, 0.05) is 55.9 Å². The molecule has 38 heavy (non-hydrogen) atoms. The molecular formula is C29H31ClN4O3S. The van der Waals surface area contributed by atoms with Crippen molar-refractivity contribution in [3.05, 3.63) is 88.7 Å². The van der Waals surface area contributed by atoms with Crippen molar-refractivity contribution in [1.29, 1.82) is 0 Å². The van der Waals surface area contributed by atoms with Gasteiger partial charge in [-0.3, -0.25) is 9.78 Å². The zero-order chi connectivity index (χ0) is 26.3. The van der Waals surface area contributed by atoms with Gasteiger partial charge < -0.3 is 9.80 Å². The molecule has 2 saturated heterocycles. The van der Waals surface area contributed by atoms with E-state index in [4.69, 9.17) is 11.6 Å². The van der Waals surface area contributed by atoms with E-state index in [1.807, 2.05) is 35.5 Å². The number of piperidine rings is 1. The van der Waals surface area contributed by atoms with Crippen molar-refractivity contribution in [1.82, 2.24) is 14.6 Å². The minimum absolute atomic E-state index is 0.0286. The molecule has 2 fully saturated rings. The third-order valence-electron chi connectivity index (χ3n) is 8.47. The van der Waals surface area contributed by atoms with Crippen LogP contribution in [0, 0.1) is 5.41 Å². The van der Waals surface area contributed by atoms with E-state index in [1.54, 1.807) is 18.2 Å². The first kappa shape index (κ1) is 25.3. The molecule has 9 heteroatoms. The van der Waals surface area contributed by atoms with E-state index in [1.165, 1.54) is 11.8 Å². The number of aryl methyl sites for hydroxylation is 1. The van der Waals surface area contributed by atoms with E-state index >= 15 is 0 Å². The van der Waals surface area contributed by atoms with Gasteiger partial charge in [-0.2, -0.15) is 0 Å². The van der Waals surface area contributed by atoms with Gasteiger partial charge in [0.05, 0.1) is 5.02 Å². The molecular weight excluding hydrogens is 520 g/mol. The Morgan fingerprint density at radius 2 is 1.74 bits per heavy atom. The molecule has 0 radical (unpaired) electrons. The van der Waals surface area contributed by atoms with Crippen LogP contribution >= 0.6 is 11.6 Å². The maximum Gasteiger partial charge on any atom is 0.253 e. The molecule has 3 heterocycles. The van der Waals surface area contributed by atoms with Crippen LogP contribution < -0.4 is 9.62 Å². The minimum Gasteiger partial charge on any atom is -0.371 e. The molecule has 2 aromatic carbocycles. The van der Waals surface area contributed by atoms with Gasteiger partial charge in [-0.05, 0) is 85.0 Å². The number of aromatic nitrogens is 1. The lowest BCUT2D eigenvalue weighted by Gasteiger charge is -2.40. The number of carbonyl (C=O) groups excluding carboxylic acids is 1. The lowest BCUT2D eigenvalue weighted by atomic mass is 9.77. The van der Waals surface area contributed by atoms with Crippen LogP contribution in [0.15, 0.2) is 71.9 Å². The van der Waals surface area contributed by atoms with Crippen molar-refractivity contribution >= 4 is 33.2 Å². The molecule has 2 aliphatic heterocycles. The molecule has 1 aliphatic carbocycles. The highest BCUT2D eigenvalue weighted by atomic mass is 35.5. The van der Waals surface area contributed by atoms with Gasteiger partial charge in [-0.1, -0.05) is 29.8 Å². The van der Waals surface area contributed by atoms with E-state index in [-0.39, 0.29) is 27.3 Å². The molecule has 3 aromatic rings. The third-order valence-corrected chi connectivity index (χ3v) is 10.4. The molecule has 1 spiro atoms. The summed E-state index contributed by atoms with van der Waals surface area (Å²) in [7, 11) is -3.79. The van der Waals surface area contributed by atoms with Crippen LogP contribution in [0.3, 0.4) is 0 Å². The highest BCUT2D eigenvalue weighted by Crippen LogP contribution is 2.42. The highest BCUT2D eigenvalue weighted by Gasteiger charge is 2.42. The molecule has 198 valence electrons. The highest BCUT2D eigenvalue weighted by molar-refractivity contribution is 7.89. The second kappa shape index (κ2) is 9.98. The lowest BCUT2D eigenvalue weighted by molar-refractivity contribution is 0.0764. The summed E-state index contributed by atoms with van der Waals surface area (Å²) in [4.78, 5) is 22.2. The predicted octanol–water partition coefficient (Wildman–Crippen LogP) is 4.83. The van der Waals surface area contributed by atoms with Crippen LogP contribution in [0.1, 0.15) is 53.2 Å². The number of likely N-dealkylation sites (tertiary alicyclic amines) is 1. The van der Waals surface area contributed by atoms with Crippen molar-refractivity contribution in [2.75, 3.05) is 31.1 Å². The smallest absolute Gasteiger partial charge is 0.253 e. The molecule has 1 unspecified atom stereocenters. The molecule has 3 aliphatic rings. The van der Waals surface area contributed by atoms with Crippen molar-refractivity contribution in [3.8, 4) is 0 Å². The number of benzene rings is 2. The Hall–Kier alpha value is -2.94. The number of anilines is 1. The zero-order valence-corrected chi connectivity index (χ0v) is 22.7. The van der Waals surface area contributed by atoms with Gasteiger partial charge in [0.1, 0.15) is 4.90 Å². The number of nitrogens with one attached hydrogen (secondary N) is 1. The number of pyridine rings is 1. The maximum absolute atomic E-state index is 13.6. The minimum atomic E-state index is -3.79. The zero-order valence-electron chi connectivity index (χ0n) is 21.1. The molecule has 7 nitrogen and oxygen atoms in total. The maximum atomic E-state index is 13.6. The van der Waals surface area contributed by atoms with Gasteiger partial charge in [-0.15, -0.1) is 0 Å². The second-order valence-corrected chi connectivity index (χ2v) is 12.8. The third kappa shape index (κ3) is 4.81. The standard InChI is InChI=1S/C29H31ClN4O3S/c30-25-3-1-2-4-27(25)38(36,37)32-26-8-7-21-5-6-22(19-24(21)26)28(35)34-18-13-29(20-34)11-16-33(17-12-29)23-9-14-31-15-10-23/h1-6,9-10,14-15,19,26,32H,7-8,11-13,16-18,20H2. The van der Waals surface area contributed by atoms with E-state index in [2.05, 4.69) is 26.7 Å². The summed E-state index contributed by atoms with van der Waals surface area (Å²) in [6, 6.07) is 15.9. The molecule has 0 bridgehead atoms. The van der Waals surface area contributed by atoms with E-state index < -0.39 is 10.0 Å². The Kier molecular flexibility index (Phi) is 6.66. The quantitative estimate of drug-likeness (QED) is 0.492. The number of sulfonamides is 1. The van der Waals surface area contributed by atoms with Crippen molar-refractivity contribution in [3.63, 3.8) is 0 Å². The summed E-state index contributed by atoms with van der Waals surface area (Å²) < 4.78 is 28.9. The number of hydrogen-bond acceptors (Lipinski definition) is 5. The molecule has 6 rings (SSSR count). The van der Waals surface area contributed by atoms with Crippen molar-refractivity contribution in [2.45, 2.75) is 43.0 Å². The van der Waals surface area contributed by atoms with E-state index in [0.29, 0.717) is 12.0 Å². The lowest BCUT2D eigenvalue weighted by Crippen LogP contribution is -2.42. The number of hydrogen-bond donors (Lipinski definition) is 1.